The maximum absolute atomic E-state index is 12.8. The first-order valence-electron chi connectivity index (χ1n) is 8.80. The molecule has 2 heterocycles. The van der Waals surface area contributed by atoms with Gasteiger partial charge in [-0.1, -0.05) is 25.5 Å². The number of carbonyl (C=O) groups excluding carboxylic acids is 1. The predicted molar refractivity (Wildman–Crippen MR) is 108 cm³/mol. The zero-order valence-electron chi connectivity index (χ0n) is 16.0. The van der Waals surface area contributed by atoms with E-state index in [2.05, 4.69) is 22.2 Å². The number of ether oxygens (including phenoxy) is 2. The van der Waals surface area contributed by atoms with Gasteiger partial charge in [-0.25, -0.2) is 4.98 Å². The number of aromatic nitrogens is 2. The second kappa shape index (κ2) is 8.45. The Hall–Kier alpha value is -2.51. The van der Waals surface area contributed by atoms with Crippen LogP contribution in [-0.2, 0) is 17.8 Å². The molecule has 0 spiro atoms. The van der Waals surface area contributed by atoms with E-state index in [1.165, 1.54) is 16.9 Å². The van der Waals surface area contributed by atoms with Gasteiger partial charge in [0.05, 0.1) is 17.4 Å². The molecule has 0 aliphatic heterocycles. The minimum Gasteiger partial charge on any atom is -0.480 e. The summed E-state index contributed by atoms with van der Waals surface area (Å²) in [6.07, 6.45) is 2.13. The van der Waals surface area contributed by atoms with Crippen LogP contribution in [0.3, 0.4) is 0 Å². The lowest BCUT2D eigenvalue weighted by Gasteiger charge is -2.06. The van der Waals surface area contributed by atoms with Gasteiger partial charge in [-0.15, -0.1) is 11.3 Å². The van der Waals surface area contributed by atoms with Crippen molar-refractivity contribution in [2.24, 2.45) is 0 Å². The summed E-state index contributed by atoms with van der Waals surface area (Å²) in [5.41, 5.74) is 2.85. The third kappa shape index (κ3) is 4.09. The Bertz CT molecular complexity index is 951. The van der Waals surface area contributed by atoms with Crippen molar-refractivity contribution in [2.45, 2.75) is 33.3 Å². The van der Waals surface area contributed by atoms with E-state index in [9.17, 15) is 4.79 Å². The van der Waals surface area contributed by atoms with Crippen molar-refractivity contribution in [2.75, 3.05) is 19.5 Å². The van der Waals surface area contributed by atoms with Crippen LogP contribution in [0, 0.1) is 6.92 Å². The van der Waals surface area contributed by atoms with Crippen molar-refractivity contribution >= 4 is 33.1 Å². The lowest BCUT2D eigenvalue weighted by Crippen LogP contribution is -2.11. The van der Waals surface area contributed by atoms with Gasteiger partial charge in [0.15, 0.2) is 5.82 Å². The average molecular weight is 385 g/mol. The number of nitrogens with zero attached hydrogens (tertiary/aromatic N) is 2. The molecule has 0 radical (unpaired) electrons. The molecule has 27 heavy (non-hydrogen) atoms. The van der Waals surface area contributed by atoms with Crippen molar-refractivity contribution in [1.29, 1.82) is 0 Å². The van der Waals surface area contributed by atoms with Crippen LogP contribution >= 0.6 is 11.3 Å². The van der Waals surface area contributed by atoms with Gasteiger partial charge in [0.1, 0.15) is 11.4 Å². The van der Waals surface area contributed by atoms with E-state index in [4.69, 9.17) is 9.47 Å². The first-order chi connectivity index (χ1) is 13.1. The number of aryl methyl sites for hydroxylation is 2. The second-order valence-electron chi connectivity index (χ2n) is 6.22. The normalized spacial score (nSPS) is 11.0. The summed E-state index contributed by atoms with van der Waals surface area (Å²) in [7, 11) is 3.15. The summed E-state index contributed by atoms with van der Waals surface area (Å²) in [6.45, 7) is 4.32. The quantitative estimate of drug-likeness (QED) is 0.654. The van der Waals surface area contributed by atoms with Gasteiger partial charge in [-0.3, -0.25) is 4.79 Å². The molecule has 0 bridgehead atoms. The van der Waals surface area contributed by atoms with Gasteiger partial charge < -0.3 is 14.8 Å². The van der Waals surface area contributed by atoms with E-state index in [0.29, 0.717) is 16.6 Å². The van der Waals surface area contributed by atoms with Crippen molar-refractivity contribution in [3.63, 3.8) is 0 Å². The molecule has 0 aliphatic rings. The molecule has 0 aliphatic carbocycles. The smallest absolute Gasteiger partial charge is 0.266 e. The van der Waals surface area contributed by atoms with Crippen molar-refractivity contribution in [1.82, 2.24) is 9.97 Å². The molecule has 0 saturated heterocycles. The minimum absolute atomic E-state index is 0.158. The Morgan fingerprint density at radius 1 is 1.19 bits per heavy atom. The van der Waals surface area contributed by atoms with Gasteiger partial charge in [-0.05, 0) is 36.6 Å². The third-order valence-corrected chi connectivity index (χ3v) is 5.41. The average Bonchev–Trinajstić information content (AvgIpc) is 3.00. The molecule has 6 nitrogen and oxygen atoms in total. The van der Waals surface area contributed by atoms with E-state index in [-0.39, 0.29) is 12.5 Å². The maximum atomic E-state index is 12.8. The SMILES string of the molecule is CCCc1ccc(NC(=O)c2sc3nc(COC)nc(OC)c3c2C)cc1. The van der Waals surface area contributed by atoms with Crippen LogP contribution in [0.5, 0.6) is 5.88 Å². The first kappa shape index (κ1) is 19.3. The molecule has 1 N–H and O–H groups in total. The molecule has 0 saturated carbocycles. The van der Waals surface area contributed by atoms with Crippen LogP contribution in [0.25, 0.3) is 10.2 Å². The van der Waals surface area contributed by atoms with Crippen molar-refractivity contribution in [3.05, 3.63) is 46.1 Å². The molecule has 0 unspecified atom stereocenters. The van der Waals surface area contributed by atoms with Crippen molar-refractivity contribution < 1.29 is 14.3 Å². The lowest BCUT2D eigenvalue weighted by atomic mass is 10.1. The summed E-state index contributed by atoms with van der Waals surface area (Å²) in [4.78, 5) is 23.0. The molecule has 0 atom stereocenters. The highest BCUT2D eigenvalue weighted by Crippen LogP contribution is 2.35. The van der Waals surface area contributed by atoms with Crippen LogP contribution < -0.4 is 10.1 Å². The Kier molecular flexibility index (Phi) is 6.03. The zero-order valence-corrected chi connectivity index (χ0v) is 16.8. The number of carbonyl (C=O) groups is 1. The number of rotatable bonds is 7. The molecule has 3 rings (SSSR count). The van der Waals surface area contributed by atoms with E-state index in [1.54, 1.807) is 14.2 Å². The predicted octanol–water partition coefficient (Wildman–Crippen LogP) is 4.36. The fourth-order valence-electron chi connectivity index (χ4n) is 2.93. The fourth-order valence-corrected chi connectivity index (χ4v) is 4.02. The Labute approximate surface area is 162 Å². The number of methoxy groups -OCH3 is 2. The molecule has 1 aromatic carbocycles. The summed E-state index contributed by atoms with van der Waals surface area (Å²) in [6, 6.07) is 7.95. The largest absolute Gasteiger partial charge is 0.480 e. The standard InChI is InChI=1S/C20H23N3O3S/c1-5-6-13-7-9-14(10-8-13)21-18(24)17-12(2)16-19(26-4)22-15(11-25-3)23-20(16)27-17/h7-10H,5-6,11H2,1-4H3,(H,21,24). The molecular formula is C20H23N3O3S. The Morgan fingerprint density at radius 2 is 1.93 bits per heavy atom. The Balaban J connectivity index is 1.91. The number of anilines is 1. The molecule has 3 aromatic rings. The molecule has 7 heteroatoms. The number of benzene rings is 1. The number of hydrogen-bond donors (Lipinski definition) is 1. The van der Waals surface area contributed by atoms with E-state index in [0.717, 1.165) is 34.3 Å². The minimum atomic E-state index is -0.158. The van der Waals surface area contributed by atoms with Crippen LogP contribution in [0.4, 0.5) is 5.69 Å². The number of fused-ring (bicyclic) bond motifs is 1. The molecule has 0 fully saturated rings. The zero-order chi connectivity index (χ0) is 19.4. The van der Waals surface area contributed by atoms with E-state index in [1.807, 2.05) is 31.2 Å². The summed E-state index contributed by atoms with van der Waals surface area (Å²) in [5, 5.41) is 3.73. The van der Waals surface area contributed by atoms with Crippen LogP contribution in [-0.4, -0.2) is 30.1 Å². The molecule has 2 aromatic heterocycles. The Morgan fingerprint density at radius 3 is 2.56 bits per heavy atom. The summed E-state index contributed by atoms with van der Waals surface area (Å²) >= 11 is 1.33. The van der Waals surface area contributed by atoms with Crippen LogP contribution in [0.15, 0.2) is 24.3 Å². The first-order valence-corrected chi connectivity index (χ1v) is 9.62. The van der Waals surface area contributed by atoms with Gasteiger partial charge in [0, 0.05) is 12.8 Å². The highest BCUT2D eigenvalue weighted by atomic mass is 32.1. The molecule has 142 valence electrons. The monoisotopic (exact) mass is 385 g/mol. The highest BCUT2D eigenvalue weighted by molar-refractivity contribution is 7.20. The van der Waals surface area contributed by atoms with Gasteiger partial charge in [0.25, 0.3) is 5.91 Å². The molecular weight excluding hydrogens is 362 g/mol. The number of nitrogens with one attached hydrogen (secondary N) is 1. The van der Waals surface area contributed by atoms with E-state index < -0.39 is 0 Å². The molecule has 1 amide bonds. The topological polar surface area (TPSA) is 73.3 Å². The van der Waals surface area contributed by atoms with Gasteiger partial charge in [0.2, 0.25) is 5.88 Å². The summed E-state index contributed by atoms with van der Waals surface area (Å²) < 4.78 is 10.5. The fraction of sp³-hybridized carbons (Fsp3) is 0.350. The second-order valence-corrected chi connectivity index (χ2v) is 7.22. The van der Waals surface area contributed by atoms with Crippen LogP contribution in [0.1, 0.15) is 40.0 Å². The van der Waals surface area contributed by atoms with E-state index >= 15 is 0 Å². The number of thiophene rings is 1. The lowest BCUT2D eigenvalue weighted by molar-refractivity contribution is 0.103. The number of hydrogen-bond acceptors (Lipinski definition) is 6. The van der Waals surface area contributed by atoms with Gasteiger partial charge in [-0.2, -0.15) is 4.98 Å². The third-order valence-electron chi connectivity index (χ3n) is 4.23. The number of amides is 1. The highest BCUT2D eigenvalue weighted by Gasteiger charge is 2.21. The maximum Gasteiger partial charge on any atom is 0.266 e. The van der Waals surface area contributed by atoms with Gasteiger partial charge >= 0.3 is 0 Å². The van der Waals surface area contributed by atoms with Crippen molar-refractivity contribution in [3.8, 4) is 5.88 Å². The summed E-state index contributed by atoms with van der Waals surface area (Å²) in [5.74, 6) is 0.833. The van der Waals surface area contributed by atoms with Crippen LogP contribution in [0.2, 0.25) is 0 Å².